The van der Waals surface area contributed by atoms with E-state index in [1.807, 2.05) is 37.3 Å². The van der Waals surface area contributed by atoms with Gasteiger partial charge in [0, 0.05) is 12.7 Å². The van der Waals surface area contributed by atoms with Gasteiger partial charge in [-0.05, 0) is 25.5 Å². The van der Waals surface area contributed by atoms with Crippen LogP contribution in [0.4, 0.5) is 0 Å². The third-order valence-electron chi connectivity index (χ3n) is 4.03. The van der Waals surface area contributed by atoms with Gasteiger partial charge in [0.15, 0.2) is 0 Å². The largest absolute Gasteiger partial charge is 0.477 e. The lowest BCUT2D eigenvalue weighted by Crippen LogP contribution is -2.32. The normalized spacial score (nSPS) is 20.2. The van der Waals surface area contributed by atoms with E-state index in [9.17, 15) is 9.90 Å². The molecule has 2 aromatic heterocycles. The first kappa shape index (κ1) is 14.3. The fraction of sp³-hybridized carbons (Fsp3) is 0.235. The van der Waals surface area contributed by atoms with Crippen molar-refractivity contribution in [3.63, 3.8) is 0 Å². The minimum atomic E-state index is -0.966. The monoisotopic (exact) mass is 295 g/mol. The fourth-order valence-electron chi connectivity index (χ4n) is 2.83. The first-order chi connectivity index (χ1) is 10.6. The zero-order valence-electron chi connectivity index (χ0n) is 12.3. The zero-order chi connectivity index (χ0) is 15.6. The van der Waals surface area contributed by atoms with Crippen molar-refractivity contribution in [2.75, 3.05) is 0 Å². The summed E-state index contributed by atoms with van der Waals surface area (Å²) in [6, 6.07) is 5.82. The van der Waals surface area contributed by atoms with Gasteiger partial charge < -0.3 is 9.67 Å². The molecule has 0 aliphatic heterocycles. The molecule has 0 saturated heterocycles. The molecule has 1 N–H and O–H groups in total. The Labute approximate surface area is 128 Å². The molecule has 5 heteroatoms. The number of aromatic carboxylic acids is 1. The Morgan fingerprint density at radius 1 is 1.36 bits per heavy atom. The Morgan fingerprint density at radius 3 is 2.86 bits per heavy atom. The molecule has 112 valence electrons. The Bertz CT molecular complexity index is 747. The number of imidazole rings is 1. The number of carbonyl (C=O) groups is 1. The van der Waals surface area contributed by atoms with Crippen molar-refractivity contribution in [3.8, 4) is 0 Å². The maximum atomic E-state index is 11.4. The highest BCUT2D eigenvalue weighted by Crippen LogP contribution is 2.34. The number of carboxylic acid groups (broad SMARTS) is 1. The minimum Gasteiger partial charge on any atom is -0.477 e. The summed E-state index contributed by atoms with van der Waals surface area (Å²) in [7, 11) is 0. The van der Waals surface area contributed by atoms with Crippen molar-refractivity contribution in [2.24, 2.45) is 0 Å². The van der Waals surface area contributed by atoms with Crippen LogP contribution in [0.25, 0.3) is 0 Å². The molecule has 0 saturated carbocycles. The minimum absolute atomic E-state index is 0.204. The first-order valence-corrected chi connectivity index (χ1v) is 7.14. The second-order valence-corrected chi connectivity index (χ2v) is 5.44. The summed E-state index contributed by atoms with van der Waals surface area (Å²) in [5.74, 6) is -0.275. The average Bonchev–Trinajstić information content (AvgIpc) is 2.90. The standard InChI is InChI=1S/C17H17N3O2/c1-13-19-11-14(16(21)22)20(13)12-17(8-4-2-5-9-17)15-7-3-6-10-18-15/h2-8,10-11H,9,12H2,1H3,(H,21,22). The molecule has 0 bridgehead atoms. The molecule has 1 aliphatic rings. The molecular formula is C17H17N3O2. The molecular weight excluding hydrogens is 278 g/mol. The Balaban J connectivity index is 2.06. The van der Waals surface area contributed by atoms with E-state index in [0.717, 1.165) is 12.1 Å². The van der Waals surface area contributed by atoms with Gasteiger partial charge in [0.2, 0.25) is 0 Å². The van der Waals surface area contributed by atoms with Crippen LogP contribution in [0.2, 0.25) is 0 Å². The summed E-state index contributed by atoms with van der Waals surface area (Å²) in [6.45, 7) is 2.32. The van der Waals surface area contributed by atoms with Crippen LogP contribution >= 0.6 is 0 Å². The van der Waals surface area contributed by atoms with Crippen LogP contribution in [-0.2, 0) is 12.0 Å². The summed E-state index contributed by atoms with van der Waals surface area (Å²) in [4.78, 5) is 20.0. The fourth-order valence-corrected chi connectivity index (χ4v) is 2.83. The number of pyridine rings is 1. The molecule has 3 rings (SSSR count). The lowest BCUT2D eigenvalue weighted by molar-refractivity contribution is 0.0683. The zero-order valence-corrected chi connectivity index (χ0v) is 12.3. The third-order valence-corrected chi connectivity index (χ3v) is 4.03. The van der Waals surface area contributed by atoms with E-state index in [0.29, 0.717) is 12.4 Å². The molecule has 0 radical (unpaired) electrons. The van der Waals surface area contributed by atoms with Gasteiger partial charge in [0.05, 0.1) is 17.3 Å². The van der Waals surface area contributed by atoms with E-state index < -0.39 is 5.97 Å². The number of nitrogens with zero attached hydrogens (tertiary/aromatic N) is 3. The number of aryl methyl sites for hydroxylation is 1. The van der Waals surface area contributed by atoms with E-state index in [4.69, 9.17) is 0 Å². The smallest absolute Gasteiger partial charge is 0.354 e. The van der Waals surface area contributed by atoms with E-state index >= 15 is 0 Å². The molecule has 22 heavy (non-hydrogen) atoms. The van der Waals surface area contributed by atoms with Crippen LogP contribution < -0.4 is 0 Å². The maximum Gasteiger partial charge on any atom is 0.354 e. The Morgan fingerprint density at radius 2 is 2.23 bits per heavy atom. The molecule has 1 unspecified atom stereocenters. The number of carboxylic acids is 1. The van der Waals surface area contributed by atoms with Gasteiger partial charge in [-0.3, -0.25) is 4.98 Å². The predicted molar refractivity (Wildman–Crippen MR) is 82.7 cm³/mol. The van der Waals surface area contributed by atoms with Crippen LogP contribution in [0, 0.1) is 6.92 Å². The average molecular weight is 295 g/mol. The van der Waals surface area contributed by atoms with Crippen molar-refractivity contribution in [1.29, 1.82) is 0 Å². The molecule has 1 atom stereocenters. The second-order valence-electron chi connectivity index (χ2n) is 5.44. The van der Waals surface area contributed by atoms with E-state index in [2.05, 4.69) is 22.1 Å². The summed E-state index contributed by atoms with van der Waals surface area (Å²) >= 11 is 0. The third kappa shape index (κ3) is 2.45. The van der Waals surface area contributed by atoms with Gasteiger partial charge in [-0.2, -0.15) is 0 Å². The van der Waals surface area contributed by atoms with Crippen LogP contribution in [0.15, 0.2) is 54.9 Å². The van der Waals surface area contributed by atoms with Crippen LogP contribution in [-0.4, -0.2) is 25.6 Å². The molecule has 5 nitrogen and oxygen atoms in total. The van der Waals surface area contributed by atoms with Crippen LogP contribution in [0.5, 0.6) is 0 Å². The van der Waals surface area contributed by atoms with Crippen molar-refractivity contribution in [3.05, 3.63) is 72.1 Å². The lowest BCUT2D eigenvalue weighted by Gasteiger charge is -2.32. The summed E-state index contributed by atoms with van der Waals surface area (Å²) in [5, 5.41) is 9.35. The van der Waals surface area contributed by atoms with Gasteiger partial charge in [-0.25, -0.2) is 9.78 Å². The molecule has 0 aromatic carbocycles. The maximum absolute atomic E-state index is 11.4. The number of hydrogen-bond acceptors (Lipinski definition) is 3. The van der Waals surface area contributed by atoms with Gasteiger partial charge in [-0.1, -0.05) is 30.4 Å². The van der Waals surface area contributed by atoms with Gasteiger partial charge in [0.1, 0.15) is 11.5 Å². The number of aromatic nitrogens is 3. The molecule has 0 spiro atoms. The van der Waals surface area contributed by atoms with E-state index in [1.165, 1.54) is 6.20 Å². The number of allylic oxidation sites excluding steroid dienone is 4. The predicted octanol–water partition coefficient (Wildman–Crippen LogP) is 2.74. The molecule has 2 heterocycles. The Hall–Kier alpha value is -2.69. The quantitative estimate of drug-likeness (QED) is 0.941. The van der Waals surface area contributed by atoms with Crippen molar-refractivity contribution < 1.29 is 9.90 Å². The molecule has 2 aromatic rings. The van der Waals surface area contributed by atoms with Gasteiger partial charge in [-0.15, -0.1) is 0 Å². The first-order valence-electron chi connectivity index (χ1n) is 7.14. The van der Waals surface area contributed by atoms with Gasteiger partial charge in [0.25, 0.3) is 0 Å². The Kier molecular flexibility index (Phi) is 3.63. The highest BCUT2D eigenvalue weighted by Gasteiger charge is 2.33. The molecule has 1 aliphatic carbocycles. The van der Waals surface area contributed by atoms with Crippen molar-refractivity contribution in [2.45, 2.75) is 25.3 Å². The summed E-state index contributed by atoms with van der Waals surface area (Å²) < 4.78 is 1.75. The summed E-state index contributed by atoms with van der Waals surface area (Å²) in [6.07, 6.45) is 12.1. The lowest BCUT2D eigenvalue weighted by atomic mass is 9.78. The van der Waals surface area contributed by atoms with Gasteiger partial charge >= 0.3 is 5.97 Å². The van der Waals surface area contributed by atoms with Crippen LogP contribution in [0.3, 0.4) is 0 Å². The highest BCUT2D eigenvalue weighted by atomic mass is 16.4. The molecule has 0 amide bonds. The second kappa shape index (κ2) is 5.60. The number of hydrogen-bond donors (Lipinski definition) is 1. The number of rotatable bonds is 4. The van der Waals surface area contributed by atoms with E-state index in [1.54, 1.807) is 10.8 Å². The summed E-state index contributed by atoms with van der Waals surface area (Å²) in [5.41, 5.74) is 0.780. The topological polar surface area (TPSA) is 68.0 Å². The van der Waals surface area contributed by atoms with Crippen LogP contribution in [0.1, 0.15) is 28.4 Å². The van der Waals surface area contributed by atoms with E-state index in [-0.39, 0.29) is 11.1 Å². The SMILES string of the molecule is Cc1ncc(C(=O)O)n1CC1(c2ccccn2)C=CC=CC1. The molecule has 0 fully saturated rings. The highest BCUT2D eigenvalue weighted by molar-refractivity contribution is 5.85. The van der Waals surface area contributed by atoms with Crippen molar-refractivity contribution in [1.82, 2.24) is 14.5 Å². The van der Waals surface area contributed by atoms with Crippen molar-refractivity contribution >= 4 is 5.97 Å².